The molecule has 6 N–H and O–H groups in total. The number of carbonyl (C=O) groups excluding carboxylic acids is 1. The summed E-state index contributed by atoms with van der Waals surface area (Å²) >= 11 is 6.71. The maximum absolute atomic E-state index is 13.3. The maximum Gasteiger partial charge on any atom is 0.320 e. The molecule has 0 spiro atoms. The maximum atomic E-state index is 13.3. The third-order valence-electron chi connectivity index (χ3n) is 13.2. The Morgan fingerprint density at radius 1 is 0.811 bits per heavy atom. The van der Waals surface area contributed by atoms with Gasteiger partial charge in [-0.25, -0.2) is 0 Å². The number of nitrogens with zero attached hydrogens (tertiary/aromatic N) is 4. The predicted octanol–water partition coefficient (Wildman–Crippen LogP) is 3.09. The van der Waals surface area contributed by atoms with E-state index in [1.165, 1.54) is 5.56 Å². The molecule has 2 unspecified atom stereocenters. The molecule has 74 heavy (non-hydrogen) atoms. The first-order valence-corrected chi connectivity index (χ1v) is 25.7. The number of carbonyl (C=O) groups is 5. The van der Waals surface area contributed by atoms with Gasteiger partial charge in [-0.05, 0) is 54.2 Å². The lowest BCUT2D eigenvalue weighted by Crippen LogP contribution is -2.51. The Labute approximate surface area is 438 Å². The van der Waals surface area contributed by atoms with E-state index in [-0.39, 0.29) is 83.1 Å². The van der Waals surface area contributed by atoms with Crippen LogP contribution in [0.15, 0.2) is 54.0 Å². The van der Waals surface area contributed by atoms with Crippen LogP contribution in [-0.4, -0.2) is 214 Å². The molecule has 2 aromatic carbocycles. The number of carboxylic acid groups (broad SMARTS) is 4. The van der Waals surface area contributed by atoms with E-state index >= 15 is 0 Å². The van der Waals surface area contributed by atoms with E-state index in [4.69, 9.17) is 50.2 Å². The summed E-state index contributed by atoms with van der Waals surface area (Å²) in [5.41, 5.74) is 4.10. The first kappa shape index (κ1) is 59.4. The summed E-state index contributed by atoms with van der Waals surface area (Å²) in [6.07, 6.45) is 5.62. The lowest BCUT2D eigenvalue weighted by Gasteiger charge is -2.35. The number of allylic oxidation sites excluding steroid dienone is 3. The fourth-order valence-corrected chi connectivity index (χ4v) is 9.37. The average Bonchev–Trinajstić information content (AvgIpc) is 3.37. The van der Waals surface area contributed by atoms with E-state index in [1.54, 1.807) is 14.7 Å². The van der Waals surface area contributed by atoms with Crippen LogP contribution in [0.4, 0.5) is 0 Å². The largest absolute Gasteiger partial charge is 0.491 e. The lowest BCUT2D eigenvalue weighted by molar-refractivity contribution is -0.145. The van der Waals surface area contributed by atoms with Crippen LogP contribution in [0.2, 0.25) is 5.02 Å². The Hall–Kier alpha value is -5.52. The van der Waals surface area contributed by atoms with Gasteiger partial charge in [0.2, 0.25) is 5.91 Å². The molecule has 22 heteroatoms. The van der Waals surface area contributed by atoms with Crippen LogP contribution in [-0.2, 0) is 61.4 Å². The third kappa shape index (κ3) is 19.3. The van der Waals surface area contributed by atoms with Crippen molar-refractivity contribution in [3.05, 3.63) is 81.3 Å². The minimum absolute atomic E-state index is 0.00637. The quantitative estimate of drug-likeness (QED) is 0.0542. The molecule has 3 aliphatic rings. The minimum atomic E-state index is -1.16. The number of carboxylic acids is 4. The zero-order valence-corrected chi connectivity index (χ0v) is 43.7. The Morgan fingerprint density at radius 2 is 1.50 bits per heavy atom. The highest BCUT2D eigenvalue weighted by Crippen LogP contribution is 2.41. The molecular weight excluding hydrogens is 984 g/mol. The van der Waals surface area contributed by atoms with E-state index in [0.29, 0.717) is 102 Å². The molecule has 2 atom stereocenters. The van der Waals surface area contributed by atoms with Crippen molar-refractivity contribution in [2.45, 2.75) is 64.5 Å². The first-order chi connectivity index (χ1) is 35.6. The summed E-state index contributed by atoms with van der Waals surface area (Å²) in [4.78, 5) is 66.4. The number of amides is 1. The van der Waals surface area contributed by atoms with Crippen molar-refractivity contribution in [2.24, 2.45) is 0 Å². The first-order valence-electron chi connectivity index (χ1n) is 25.3. The van der Waals surface area contributed by atoms with Gasteiger partial charge in [0.1, 0.15) is 49.7 Å². The van der Waals surface area contributed by atoms with Crippen LogP contribution >= 0.6 is 11.6 Å². The van der Waals surface area contributed by atoms with E-state index in [9.17, 15) is 34.2 Å². The fraction of sp³-hybridized carbons (Fsp3) is 0.596. The Bertz CT molecular complexity index is 2240. The van der Waals surface area contributed by atoms with Crippen LogP contribution < -0.4 is 20.1 Å². The number of rotatable bonds is 35. The van der Waals surface area contributed by atoms with Gasteiger partial charge in [-0.1, -0.05) is 49.7 Å². The molecule has 2 aromatic rings. The molecule has 0 saturated carbocycles. The molecule has 2 aliphatic heterocycles. The monoisotopic (exact) mass is 1060 g/mol. The van der Waals surface area contributed by atoms with Crippen molar-refractivity contribution < 1.29 is 72.8 Å². The smallest absolute Gasteiger partial charge is 0.320 e. The van der Waals surface area contributed by atoms with Gasteiger partial charge in [-0.2, -0.15) is 0 Å². The Morgan fingerprint density at radius 3 is 2.19 bits per heavy atom. The Kier molecular flexibility index (Phi) is 24.7. The molecule has 1 saturated heterocycles. The number of hydrogen-bond acceptors (Lipinski definition) is 16. The van der Waals surface area contributed by atoms with Gasteiger partial charge >= 0.3 is 23.9 Å². The average molecular weight is 1060 g/mol. The lowest BCUT2D eigenvalue weighted by atomic mass is 9.74. The van der Waals surface area contributed by atoms with Gasteiger partial charge in [-0.15, -0.1) is 0 Å². The van der Waals surface area contributed by atoms with E-state index in [1.807, 2.05) is 25.1 Å². The van der Waals surface area contributed by atoms with E-state index < -0.39 is 29.9 Å². The van der Waals surface area contributed by atoms with Crippen molar-refractivity contribution in [2.75, 3.05) is 138 Å². The highest BCUT2D eigenvalue weighted by molar-refractivity contribution is 6.32. The molecule has 0 bridgehead atoms. The van der Waals surface area contributed by atoms with Crippen molar-refractivity contribution >= 4 is 41.4 Å². The number of nitrogens with one attached hydrogen (secondary N) is 2. The second-order valence-corrected chi connectivity index (χ2v) is 19.0. The summed E-state index contributed by atoms with van der Waals surface area (Å²) in [6, 6.07) is 8.91. The molecule has 0 radical (unpaired) electrons. The number of aliphatic carboxylic acids is 4. The number of benzene rings is 2. The number of ether oxygens (including phenoxy) is 6. The van der Waals surface area contributed by atoms with E-state index in [0.717, 1.165) is 41.1 Å². The summed E-state index contributed by atoms with van der Waals surface area (Å²) in [5.74, 6) is -1.65. The van der Waals surface area contributed by atoms with Gasteiger partial charge in [0.05, 0.1) is 51.1 Å². The van der Waals surface area contributed by atoms with Gasteiger partial charge < -0.3 is 64.4 Å². The standard InChI is InChI=1S/C52H75ClN6O15/c1-4-38-30-41(53)45(74-36-39-6-5-7-40(37(39)2)52(3)11-10-43-46(32-52)73-29-28-71-43)31-44(38)72-27-26-70-25-24-69-23-22-56-16-20-59(21-17-56)47(60)9-8-42(51(67)68)58(15-13-55-34-49(63)64)19-18-57(35-50(65)66)14-12-54-33-48(61)62/h5-7,10-11,30-31,42,54-55H,4,8-9,12-29,32-36H2,1-3H3,(H,61,62)(H,63,64)(H,65,66)(H,67,68). The highest BCUT2D eigenvalue weighted by Gasteiger charge is 2.34. The highest BCUT2D eigenvalue weighted by atomic mass is 35.5. The number of aryl methyl sites for hydroxylation is 1. The third-order valence-corrected chi connectivity index (χ3v) is 13.5. The molecule has 5 rings (SSSR count). The van der Waals surface area contributed by atoms with Crippen molar-refractivity contribution in [3.8, 4) is 11.5 Å². The number of piperazine rings is 1. The molecule has 410 valence electrons. The molecule has 1 aliphatic carbocycles. The van der Waals surface area contributed by atoms with Crippen molar-refractivity contribution in [3.63, 3.8) is 0 Å². The molecule has 1 fully saturated rings. The summed E-state index contributed by atoms with van der Waals surface area (Å²) < 4.78 is 35.8. The predicted molar refractivity (Wildman–Crippen MR) is 274 cm³/mol. The van der Waals surface area contributed by atoms with Crippen LogP contribution in [0.3, 0.4) is 0 Å². The summed E-state index contributed by atoms with van der Waals surface area (Å²) in [5, 5.41) is 43.6. The molecular formula is C52H75ClN6O15. The topological polar surface area (TPSA) is 259 Å². The summed E-state index contributed by atoms with van der Waals surface area (Å²) in [6.45, 7) is 12.5. The SMILES string of the molecule is CCc1cc(Cl)c(OCc2cccc(C3(C)C=CC4=C(C3)OCCO4)c2C)cc1OCCOCCOCCN1CCN(C(=O)CCC(C(=O)O)N(CCNCC(=O)O)CCN(CCNCC(=O)O)CC(=O)O)CC1. The molecule has 0 aromatic heterocycles. The van der Waals surface area contributed by atoms with Crippen LogP contribution in [0.25, 0.3) is 0 Å². The van der Waals surface area contributed by atoms with Gasteiger partial charge in [-0.3, -0.25) is 38.7 Å². The molecule has 2 heterocycles. The zero-order valence-electron chi connectivity index (χ0n) is 42.9. The second-order valence-electron chi connectivity index (χ2n) is 18.6. The van der Waals surface area contributed by atoms with Crippen molar-refractivity contribution in [1.29, 1.82) is 0 Å². The van der Waals surface area contributed by atoms with Gasteiger partial charge in [0.25, 0.3) is 0 Å². The fourth-order valence-electron chi connectivity index (χ4n) is 9.13. The van der Waals surface area contributed by atoms with Crippen LogP contribution in [0.1, 0.15) is 55.4 Å². The Balaban J connectivity index is 0.982. The minimum Gasteiger partial charge on any atom is -0.491 e. The second kappa shape index (κ2) is 30.8. The number of hydrogen-bond donors (Lipinski definition) is 6. The van der Waals surface area contributed by atoms with Crippen LogP contribution in [0.5, 0.6) is 11.5 Å². The zero-order chi connectivity index (χ0) is 53.5. The molecule has 21 nitrogen and oxygen atoms in total. The van der Waals surface area contributed by atoms with Gasteiger partial charge in [0, 0.05) is 96.3 Å². The van der Waals surface area contributed by atoms with Gasteiger partial charge in [0.15, 0.2) is 5.76 Å². The van der Waals surface area contributed by atoms with Crippen LogP contribution in [0, 0.1) is 6.92 Å². The van der Waals surface area contributed by atoms with E-state index in [2.05, 4.69) is 53.7 Å². The van der Waals surface area contributed by atoms with Crippen molar-refractivity contribution in [1.82, 2.24) is 30.2 Å². The molecule has 1 amide bonds. The normalized spacial score (nSPS) is 17.2. The number of halogens is 1. The summed E-state index contributed by atoms with van der Waals surface area (Å²) in [7, 11) is 0.